The van der Waals surface area contributed by atoms with E-state index in [9.17, 15) is 0 Å². The number of aryl methyl sites for hydroxylation is 1. The summed E-state index contributed by atoms with van der Waals surface area (Å²) >= 11 is 0. The first-order valence-electron chi connectivity index (χ1n) is 5.88. The molecular weight excluding hydrogens is 218 g/mol. The molecule has 1 aliphatic rings. The maximum atomic E-state index is 5.37. The lowest BCUT2D eigenvalue weighted by molar-refractivity contribution is -0.0121. The Kier molecular flexibility index (Phi) is 4.36. The van der Waals surface area contributed by atoms with Gasteiger partial charge >= 0.3 is 0 Å². The Labute approximate surface area is 102 Å². The molecule has 0 saturated carbocycles. The number of fused-ring (bicyclic) bond motifs is 1. The standard InChI is InChI=1S/C13H19NO3/c1-15-7-8-17-14-13-6-4-10-3-5-11(16-2)9-12(10)13/h3,5,9,13-14H,4,6-8H2,1-2H3. The van der Waals surface area contributed by atoms with E-state index < -0.39 is 0 Å². The summed E-state index contributed by atoms with van der Waals surface area (Å²) in [5.74, 6) is 0.898. The summed E-state index contributed by atoms with van der Waals surface area (Å²) < 4.78 is 10.2. The lowest BCUT2D eigenvalue weighted by Crippen LogP contribution is -2.21. The van der Waals surface area contributed by atoms with Gasteiger partial charge in [0.2, 0.25) is 0 Å². The molecule has 4 nitrogen and oxygen atoms in total. The third kappa shape index (κ3) is 2.97. The van der Waals surface area contributed by atoms with Crippen LogP contribution in [0.4, 0.5) is 0 Å². The second-order valence-electron chi connectivity index (χ2n) is 4.12. The third-order valence-corrected chi connectivity index (χ3v) is 3.05. The van der Waals surface area contributed by atoms with E-state index in [1.807, 2.05) is 6.07 Å². The topological polar surface area (TPSA) is 39.7 Å². The minimum atomic E-state index is 0.261. The van der Waals surface area contributed by atoms with Crippen molar-refractivity contribution in [2.45, 2.75) is 18.9 Å². The summed E-state index contributed by atoms with van der Waals surface area (Å²) in [6.45, 7) is 1.16. The van der Waals surface area contributed by atoms with Crippen LogP contribution in [0, 0.1) is 0 Å². The molecular formula is C13H19NO3. The highest BCUT2D eigenvalue weighted by molar-refractivity contribution is 5.40. The van der Waals surface area contributed by atoms with E-state index in [4.69, 9.17) is 14.3 Å². The maximum Gasteiger partial charge on any atom is 0.119 e. The van der Waals surface area contributed by atoms with Gasteiger partial charge in [-0.15, -0.1) is 0 Å². The molecule has 1 N–H and O–H groups in total. The lowest BCUT2D eigenvalue weighted by Gasteiger charge is -2.14. The zero-order valence-electron chi connectivity index (χ0n) is 10.4. The summed E-state index contributed by atoms with van der Waals surface area (Å²) in [5.41, 5.74) is 5.74. The van der Waals surface area contributed by atoms with E-state index in [-0.39, 0.29) is 6.04 Å². The van der Waals surface area contributed by atoms with Gasteiger partial charge in [0.25, 0.3) is 0 Å². The molecule has 1 unspecified atom stereocenters. The summed E-state index contributed by atoms with van der Waals surface area (Å²) in [5, 5.41) is 0. The van der Waals surface area contributed by atoms with Crippen molar-refractivity contribution in [3.8, 4) is 5.75 Å². The second-order valence-corrected chi connectivity index (χ2v) is 4.12. The Bertz CT molecular complexity index is 368. The number of ether oxygens (including phenoxy) is 2. The molecule has 1 atom stereocenters. The highest BCUT2D eigenvalue weighted by Crippen LogP contribution is 2.33. The van der Waals surface area contributed by atoms with Crippen molar-refractivity contribution in [1.29, 1.82) is 0 Å². The molecule has 1 aromatic carbocycles. The van der Waals surface area contributed by atoms with Crippen molar-refractivity contribution >= 4 is 0 Å². The second kappa shape index (κ2) is 6.00. The van der Waals surface area contributed by atoms with Crippen LogP contribution in [0.2, 0.25) is 0 Å². The van der Waals surface area contributed by atoms with E-state index in [0.717, 1.165) is 18.6 Å². The molecule has 0 bridgehead atoms. The Morgan fingerprint density at radius 3 is 2.94 bits per heavy atom. The fourth-order valence-electron chi connectivity index (χ4n) is 2.11. The van der Waals surface area contributed by atoms with Crippen LogP contribution in [-0.4, -0.2) is 27.4 Å². The van der Waals surface area contributed by atoms with Gasteiger partial charge in [-0.25, -0.2) is 0 Å². The van der Waals surface area contributed by atoms with Gasteiger partial charge in [-0.3, -0.25) is 4.84 Å². The normalized spacial score (nSPS) is 18.1. The van der Waals surface area contributed by atoms with Crippen LogP contribution in [0.25, 0.3) is 0 Å². The zero-order valence-corrected chi connectivity index (χ0v) is 10.4. The van der Waals surface area contributed by atoms with Crippen molar-refractivity contribution in [2.75, 3.05) is 27.4 Å². The van der Waals surface area contributed by atoms with Crippen molar-refractivity contribution < 1.29 is 14.3 Å². The monoisotopic (exact) mass is 237 g/mol. The van der Waals surface area contributed by atoms with Crippen LogP contribution < -0.4 is 10.2 Å². The Hall–Kier alpha value is -1.10. The van der Waals surface area contributed by atoms with E-state index in [0.29, 0.717) is 13.2 Å². The first-order chi connectivity index (χ1) is 8.35. The predicted octanol–water partition coefficient (Wildman–Crippen LogP) is 1.85. The fraction of sp³-hybridized carbons (Fsp3) is 0.538. The van der Waals surface area contributed by atoms with Crippen molar-refractivity contribution in [3.63, 3.8) is 0 Å². The van der Waals surface area contributed by atoms with Crippen LogP contribution in [0.1, 0.15) is 23.6 Å². The van der Waals surface area contributed by atoms with E-state index in [1.165, 1.54) is 11.1 Å². The van der Waals surface area contributed by atoms with Crippen LogP contribution >= 0.6 is 0 Å². The van der Waals surface area contributed by atoms with Crippen LogP contribution in [0.3, 0.4) is 0 Å². The highest BCUT2D eigenvalue weighted by atomic mass is 16.7. The third-order valence-electron chi connectivity index (χ3n) is 3.05. The van der Waals surface area contributed by atoms with E-state index >= 15 is 0 Å². The van der Waals surface area contributed by atoms with Gasteiger partial charge in [-0.2, -0.15) is 5.48 Å². The molecule has 4 heteroatoms. The largest absolute Gasteiger partial charge is 0.497 e. The lowest BCUT2D eigenvalue weighted by atomic mass is 10.1. The van der Waals surface area contributed by atoms with Gasteiger partial charge in [0.1, 0.15) is 5.75 Å². The minimum Gasteiger partial charge on any atom is -0.497 e. The first kappa shape index (κ1) is 12.4. The molecule has 17 heavy (non-hydrogen) atoms. The van der Waals surface area contributed by atoms with E-state index in [2.05, 4.69) is 17.6 Å². The molecule has 0 spiro atoms. The number of nitrogens with one attached hydrogen (secondary N) is 1. The molecule has 0 heterocycles. The Morgan fingerprint density at radius 1 is 1.29 bits per heavy atom. The Balaban J connectivity index is 1.95. The predicted molar refractivity (Wildman–Crippen MR) is 65.0 cm³/mol. The molecule has 94 valence electrons. The van der Waals surface area contributed by atoms with Gasteiger partial charge in [-0.05, 0) is 36.1 Å². The summed E-state index contributed by atoms with van der Waals surface area (Å²) in [7, 11) is 3.35. The van der Waals surface area contributed by atoms with Crippen molar-refractivity contribution in [1.82, 2.24) is 5.48 Å². The zero-order chi connectivity index (χ0) is 12.1. The average Bonchev–Trinajstić information content (AvgIpc) is 2.77. The molecule has 2 rings (SSSR count). The van der Waals surface area contributed by atoms with Gasteiger partial charge in [0.05, 0.1) is 26.4 Å². The van der Waals surface area contributed by atoms with Gasteiger partial charge in [0.15, 0.2) is 0 Å². The van der Waals surface area contributed by atoms with Gasteiger partial charge in [0, 0.05) is 7.11 Å². The highest BCUT2D eigenvalue weighted by Gasteiger charge is 2.22. The number of rotatable bonds is 6. The Morgan fingerprint density at radius 2 is 2.18 bits per heavy atom. The van der Waals surface area contributed by atoms with E-state index in [1.54, 1.807) is 14.2 Å². The molecule has 1 aromatic rings. The fourth-order valence-corrected chi connectivity index (χ4v) is 2.11. The number of hydroxylamine groups is 1. The molecule has 0 radical (unpaired) electrons. The molecule has 0 fully saturated rings. The SMILES string of the molecule is COCCONC1CCc2ccc(OC)cc21. The molecule has 0 aliphatic heterocycles. The average molecular weight is 237 g/mol. The van der Waals surface area contributed by atoms with Crippen molar-refractivity contribution in [3.05, 3.63) is 29.3 Å². The molecule has 0 amide bonds. The van der Waals surface area contributed by atoms with Crippen LogP contribution in [0.15, 0.2) is 18.2 Å². The van der Waals surface area contributed by atoms with Crippen LogP contribution in [-0.2, 0) is 16.0 Å². The summed E-state index contributed by atoms with van der Waals surface area (Å²) in [6.07, 6.45) is 2.15. The number of methoxy groups -OCH3 is 2. The van der Waals surface area contributed by atoms with Gasteiger partial charge < -0.3 is 9.47 Å². The molecule has 0 aromatic heterocycles. The summed E-state index contributed by atoms with van der Waals surface area (Å²) in [4.78, 5) is 5.37. The maximum absolute atomic E-state index is 5.37. The van der Waals surface area contributed by atoms with Crippen molar-refractivity contribution in [2.24, 2.45) is 0 Å². The van der Waals surface area contributed by atoms with Gasteiger partial charge in [-0.1, -0.05) is 6.07 Å². The first-order valence-corrected chi connectivity index (χ1v) is 5.88. The number of benzene rings is 1. The molecule has 0 saturated heterocycles. The summed E-state index contributed by atoms with van der Waals surface area (Å²) in [6, 6.07) is 6.48. The smallest absolute Gasteiger partial charge is 0.119 e. The minimum absolute atomic E-state index is 0.261. The molecule has 1 aliphatic carbocycles. The van der Waals surface area contributed by atoms with Crippen LogP contribution in [0.5, 0.6) is 5.75 Å². The number of hydrogen-bond acceptors (Lipinski definition) is 4. The quantitative estimate of drug-likeness (QED) is 0.605. The number of hydrogen-bond donors (Lipinski definition) is 1.